The van der Waals surface area contributed by atoms with Crippen LogP contribution in [0.5, 0.6) is 0 Å². The minimum atomic E-state index is -5.17. The second-order valence-corrected chi connectivity index (χ2v) is 8.36. The maximum absolute atomic E-state index is 12.9. The third kappa shape index (κ3) is 4.78. The normalized spacial score (nSPS) is 13.5. The van der Waals surface area contributed by atoms with Crippen LogP contribution in [0.1, 0.15) is 22.2 Å². The van der Waals surface area contributed by atoms with E-state index >= 15 is 0 Å². The molecule has 0 spiro atoms. The van der Waals surface area contributed by atoms with Gasteiger partial charge in [-0.3, -0.25) is 0 Å². The SMILES string of the molecule is CCOC(=O)c1sc(S(=O)C(F)(F)F)nc1-c1c(Cl)cc(C(F)(F)F)cc1Cl. The molecule has 0 N–H and O–H groups in total. The summed E-state index contributed by atoms with van der Waals surface area (Å²) in [7, 11) is -3.58. The van der Waals surface area contributed by atoms with Crippen LogP contribution in [0.25, 0.3) is 11.3 Å². The molecule has 1 aromatic heterocycles. The maximum Gasteiger partial charge on any atom is 0.478 e. The largest absolute Gasteiger partial charge is 0.478 e. The molecule has 0 fully saturated rings. The van der Waals surface area contributed by atoms with Crippen molar-refractivity contribution in [2.75, 3.05) is 6.61 Å². The first-order valence-corrected chi connectivity index (χ1v) is 9.72. The summed E-state index contributed by atoms with van der Waals surface area (Å²) in [4.78, 5) is 15.1. The molecule has 1 heterocycles. The van der Waals surface area contributed by atoms with Crippen LogP contribution in [-0.2, 0) is 21.7 Å². The molecule has 14 heteroatoms. The molecule has 0 saturated carbocycles. The Morgan fingerprint density at radius 1 is 1.18 bits per heavy atom. The highest BCUT2D eigenvalue weighted by Crippen LogP contribution is 2.43. The van der Waals surface area contributed by atoms with Crippen molar-refractivity contribution < 1.29 is 40.1 Å². The van der Waals surface area contributed by atoms with Crippen molar-refractivity contribution in [3.8, 4) is 11.3 Å². The highest BCUT2D eigenvalue weighted by atomic mass is 35.5. The van der Waals surface area contributed by atoms with Crippen molar-refractivity contribution in [1.29, 1.82) is 0 Å². The molecule has 0 aliphatic heterocycles. The topological polar surface area (TPSA) is 56.3 Å². The quantitative estimate of drug-likeness (QED) is 0.397. The fraction of sp³-hybridized carbons (Fsp3) is 0.286. The Hall–Kier alpha value is -1.37. The third-order valence-electron chi connectivity index (χ3n) is 3.04. The van der Waals surface area contributed by atoms with E-state index in [1.54, 1.807) is 0 Å². The van der Waals surface area contributed by atoms with E-state index in [-0.39, 0.29) is 17.9 Å². The standard InChI is InChI=1S/C14H7Cl2F6NO3S2/c1-2-26-11(24)10-9(23-12(27-10)28(25)14(20,21)22)8-6(15)3-5(4-7(8)16)13(17,18)19/h3-4H,2H2,1H3. The number of benzene rings is 1. The minimum absolute atomic E-state index is 0.119. The number of nitrogens with zero attached hydrogens (tertiary/aromatic N) is 1. The van der Waals surface area contributed by atoms with E-state index < -0.39 is 64.5 Å². The first kappa shape index (κ1) is 22.9. The summed E-state index contributed by atoms with van der Waals surface area (Å²) < 4.78 is 92.1. The third-order valence-corrected chi connectivity index (χ3v) is 6.00. The fourth-order valence-corrected chi connectivity index (χ4v) is 4.52. The van der Waals surface area contributed by atoms with Crippen LogP contribution < -0.4 is 0 Å². The van der Waals surface area contributed by atoms with Crippen LogP contribution in [0, 0.1) is 0 Å². The van der Waals surface area contributed by atoms with Gasteiger partial charge in [-0.05, 0) is 19.1 Å². The molecule has 0 aliphatic carbocycles. The minimum Gasteiger partial charge on any atom is -0.462 e. The number of alkyl halides is 6. The molecule has 1 atom stereocenters. The van der Waals surface area contributed by atoms with Crippen LogP contribution in [-0.4, -0.2) is 27.3 Å². The number of halogens is 8. The van der Waals surface area contributed by atoms with Gasteiger partial charge in [-0.25, -0.2) is 14.0 Å². The van der Waals surface area contributed by atoms with Gasteiger partial charge in [0.25, 0.3) is 0 Å². The van der Waals surface area contributed by atoms with Crippen molar-refractivity contribution in [2.24, 2.45) is 0 Å². The first-order valence-electron chi connectivity index (χ1n) is 7.00. The number of aromatic nitrogens is 1. The second kappa shape index (κ2) is 8.17. The lowest BCUT2D eigenvalue weighted by molar-refractivity contribution is -0.137. The number of ether oxygens (including phenoxy) is 1. The van der Waals surface area contributed by atoms with Gasteiger partial charge >= 0.3 is 17.7 Å². The zero-order chi connectivity index (χ0) is 21.4. The molecule has 0 amide bonds. The number of carbonyl (C=O) groups excluding carboxylic acids is 1. The summed E-state index contributed by atoms with van der Waals surface area (Å²) in [5.74, 6) is -1.12. The Kier molecular flexibility index (Phi) is 6.68. The molecule has 0 aliphatic rings. The van der Waals surface area contributed by atoms with Gasteiger partial charge in [-0.15, -0.1) is 0 Å². The van der Waals surface area contributed by atoms with Gasteiger partial charge in [0.05, 0.1) is 22.2 Å². The average molecular weight is 486 g/mol. The maximum atomic E-state index is 12.9. The number of rotatable bonds is 4. The number of hydrogen-bond acceptors (Lipinski definition) is 5. The summed E-state index contributed by atoms with van der Waals surface area (Å²) in [5.41, 5.74) is -7.35. The predicted octanol–water partition coefficient (Wildman–Crippen LogP) is 5.94. The van der Waals surface area contributed by atoms with E-state index in [1.165, 1.54) is 6.92 Å². The lowest BCUT2D eigenvalue weighted by atomic mass is 10.1. The smallest absolute Gasteiger partial charge is 0.462 e. The molecular weight excluding hydrogens is 479 g/mol. The number of hydrogen-bond donors (Lipinski definition) is 0. The summed E-state index contributed by atoms with van der Waals surface area (Å²) in [6.45, 7) is 1.27. The van der Waals surface area contributed by atoms with Crippen LogP contribution in [0.3, 0.4) is 0 Å². The van der Waals surface area contributed by atoms with Gasteiger partial charge in [0.15, 0.2) is 15.1 Å². The molecule has 0 bridgehead atoms. The first-order chi connectivity index (χ1) is 12.8. The Bertz CT molecular complexity index is 919. The molecular formula is C14H7Cl2F6NO3S2. The molecule has 154 valence electrons. The molecule has 0 saturated heterocycles. The lowest BCUT2D eigenvalue weighted by Crippen LogP contribution is -2.15. The molecule has 2 rings (SSSR count). The van der Waals surface area contributed by atoms with Crippen molar-refractivity contribution in [1.82, 2.24) is 4.98 Å². The lowest BCUT2D eigenvalue weighted by Gasteiger charge is -2.12. The summed E-state index contributed by atoms with van der Waals surface area (Å²) >= 11 is 11.8. The molecule has 1 unspecified atom stereocenters. The predicted molar refractivity (Wildman–Crippen MR) is 91.0 cm³/mol. The molecule has 2 aromatic rings. The van der Waals surface area contributed by atoms with Gasteiger partial charge < -0.3 is 4.74 Å². The average Bonchev–Trinajstić information content (AvgIpc) is 2.96. The van der Waals surface area contributed by atoms with Gasteiger partial charge in [0.2, 0.25) is 0 Å². The zero-order valence-electron chi connectivity index (χ0n) is 13.4. The van der Waals surface area contributed by atoms with E-state index in [4.69, 9.17) is 27.9 Å². The van der Waals surface area contributed by atoms with Crippen LogP contribution in [0.4, 0.5) is 26.3 Å². The number of thiazole rings is 1. The van der Waals surface area contributed by atoms with E-state index in [2.05, 4.69) is 4.98 Å². The molecule has 0 radical (unpaired) electrons. The van der Waals surface area contributed by atoms with Crippen molar-refractivity contribution in [2.45, 2.75) is 22.9 Å². The van der Waals surface area contributed by atoms with E-state index in [1.807, 2.05) is 0 Å². The number of carbonyl (C=O) groups is 1. The highest BCUT2D eigenvalue weighted by Gasteiger charge is 2.41. The Balaban J connectivity index is 2.72. The molecule has 28 heavy (non-hydrogen) atoms. The summed E-state index contributed by atoms with van der Waals surface area (Å²) in [6.07, 6.45) is -4.79. The second-order valence-electron chi connectivity index (χ2n) is 4.91. The van der Waals surface area contributed by atoms with E-state index in [0.717, 1.165) is 0 Å². The molecule has 4 nitrogen and oxygen atoms in total. The Morgan fingerprint density at radius 2 is 1.71 bits per heavy atom. The monoisotopic (exact) mass is 485 g/mol. The van der Waals surface area contributed by atoms with Gasteiger partial charge in [0.1, 0.15) is 10.6 Å². The van der Waals surface area contributed by atoms with Gasteiger partial charge in [-0.1, -0.05) is 34.5 Å². The molecule has 1 aromatic carbocycles. The van der Waals surface area contributed by atoms with Crippen LogP contribution in [0.2, 0.25) is 10.0 Å². The van der Waals surface area contributed by atoms with Crippen molar-refractivity contribution in [3.05, 3.63) is 32.6 Å². The van der Waals surface area contributed by atoms with Crippen molar-refractivity contribution >= 4 is 51.3 Å². The summed E-state index contributed by atoms with van der Waals surface area (Å²) in [5, 5.41) is -1.22. The van der Waals surface area contributed by atoms with Crippen LogP contribution >= 0.6 is 34.5 Å². The van der Waals surface area contributed by atoms with Crippen molar-refractivity contribution in [3.63, 3.8) is 0 Å². The van der Waals surface area contributed by atoms with Crippen LogP contribution in [0.15, 0.2) is 16.5 Å². The number of esters is 1. The van der Waals surface area contributed by atoms with E-state index in [0.29, 0.717) is 12.1 Å². The van der Waals surface area contributed by atoms with Gasteiger partial charge in [-0.2, -0.15) is 26.3 Å². The highest BCUT2D eigenvalue weighted by molar-refractivity contribution is 7.88. The zero-order valence-corrected chi connectivity index (χ0v) is 16.5. The Morgan fingerprint density at radius 3 is 2.14 bits per heavy atom. The fourth-order valence-electron chi connectivity index (χ4n) is 1.95. The van der Waals surface area contributed by atoms with Gasteiger partial charge in [0, 0.05) is 5.56 Å². The van der Waals surface area contributed by atoms with E-state index in [9.17, 15) is 35.3 Å². The Labute approximate surface area is 169 Å². The summed E-state index contributed by atoms with van der Waals surface area (Å²) in [6, 6.07) is 0.967.